The van der Waals surface area contributed by atoms with Gasteiger partial charge in [-0.1, -0.05) is 0 Å². The summed E-state index contributed by atoms with van der Waals surface area (Å²) in [5.41, 5.74) is 0.548. The summed E-state index contributed by atoms with van der Waals surface area (Å²) in [5, 5.41) is 6.54. The molecule has 2 N–H and O–H groups in total. The van der Waals surface area contributed by atoms with Crippen LogP contribution in [-0.4, -0.2) is 57.8 Å². The predicted octanol–water partition coefficient (Wildman–Crippen LogP) is 3.08. The van der Waals surface area contributed by atoms with Crippen molar-refractivity contribution in [3.8, 4) is 11.5 Å². The van der Waals surface area contributed by atoms with E-state index in [9.17, 15) is 8.78 Å². The van der Waals surface area contributed by atoms with E-state index in [0.717, 1.165) is 38.5 Å². The molecule has 0 aromatic heterocycles. The van der Waals surface area contributed by atoms with Crippen molar-refractivity contribution in [2.45, 2.75) is 39.3 Å². The van der Waals surface area contributed by atoms with Crippen LogP contribution in [0, 0.1) is 5.92 Å². The molecule has 158 valence electrons. The average molecular weight is 398 g/mol. The van der Waals surface area contributed by atoms with Crippen LogP contribution in [0.1, 0.15) is 31.7 Å². The lowest BCUT2D eigenvalue weighted by atomic mass is 9.94. The van der Waals surface area contributed by atoms with E-state index < -0.39 is 6.61 Å². The molecule has 1 heterocycles. The topological polar surface area (TPSA) is 58.1 Å². The second kappa shape index (κ2) is 11.7. The summed E-state index contributed by atoms with van der Waals surface area (Å²) in [7, 11) is 3.69. The van der Waals surface area contributed by atoms with Crippen molar-refractivity contribution in [2.24, 2.45) is 10.9 Å². The molecule has 6 nitrogen and oxygen atoms in total. The van der Waals surface area contributed by atoms with Gasteiger partial charge in [0.25, 0.3) is 0 Å². The SMILES string of the molecule is CCNC(=NCc1cc(OC)ccc1OC(F)F)NCCC1CCN(C)CC1. The van der Waals surface area contributed by atoms with Gasteiger partial charge in [-0.3, -0.25) is 0 Å². The average Bonchev–Trinajstić information content (AvgIpc) is 2.68. The van der Waals surface area contributed by atoms with E-state index in [1.54, 1.807) is 12.1 Å². The standard InChI is InChI=1S/C20H32F2N4O2/c1-4-23-20(24-10-7-15-8-11-26(2)12-9-15)25-14-16-13-17(27-3)5-6-18(16)28-19(21)22/h5-6,13,15,19H,4,7-12,14H2,1-3H3,(H2,23,24,25). The van der Waals surface area contributed by atoms with Gasteiger partial charge in [-0.2, -0.15) is 8.78 Å². The zero-order valence-electron chi connectivity index (χ0n) is 17.0. The first kappa shape index (κ1) is 22.2. The molecule has 0 bridgehead atoms. The molecule has 0 radical (unpaired) electrons. The number of likely N-dealkylation sites (tertiary alicyclic amines) is 1. The summed E-state index contributed by atoms with van der Waals surface area (Å²) in [4.78, 5) is 6.89. The number of rotatable bonds is 9. The second-order valence-corrected chi connectivity index (χ2v) is 7.01. The van der Waals surface area contributed by atoms with Gasteiger partial charge in [0.2, 0.25) is 0 Å². The molecular formula is C20H32F2N4O2. The second-order valence-electron chi connectivity index (χ2n) is 7.01. The summed E-state index contributed by atoms with van der Waals surface area (Å²) in [5.74, 6) is 2.09. The van der Waals surface area contributed by atoms with Crippen LogP contribution >= 0.6 is 0 Å². The van der Waals surface area contributed by atoms with Crippen molar-refractivity contribution in [1.82, 2.24) is 15.5 Å². The van der Waals surface area contributed by atoms with Crippen LogP contribution in [0.3, 0.4) is 0 Å². The van der Waals surface area contributed by atoms with E-state index in [1.165, 1.54) is 26.0 Å². The summed E-state index contributed by atoms with van der Waals surface area (Å²) in [6.07, 6.45) is 3.55. The van der Waals surface area contributed by atoms with Gasteiger partial charge in [0.15, 0.2) is 5.96 Å². The summed E-state index contributed by atoms with van der Waals surface area (Å²) in [6.45, 7) is 3.19. The molecule has 1 saturated heterocycles. The fraction of sp³-hybridized carbons (Fsp3) is 0.650. The normalized spacial score (nSPS) is 16.3. The summed E-state index contributed by atoms with van der Waals surface area (Å²) < 4.78 is 35.1. The highest BCUT2D eigenvalue weighted by Crippen LogP contribution is 2.26. The fourth-order valence-electron chi connectivity index (χ4n) is 3.27. The molecule has 28 heavy (non-hydrogen) atoms. The van der Waals surface area contributed by atoms with Crippen LogP contribution in [-0.2, 0) is 6.54 Å². The summed E-state index contributed by atoms with van der Waals surface area (Å²) in [6, 6.07) is 4.75. The maximum atomic E-state index is 12.7. The van der Waals surface area contributed by atoms with Crippen molar-refractivity contribution >= 4 is 5.96 Å². The van der Waals surface area contributed by atoms with E-state index in [2.05, 4.69) is 32.3 Å². The quantitative estimate of drug-likeness (QED) is 0.495. The molecule has 0 aliphatic carbocycles. The lowest BCUT2D eigenvalue weighted by Gasteiger charge is -2.29. The van der Waals surface area contributed by atoms with Gasteiger partial charge in [-0.25, -0.2) is 4.99 Å². The molecular weight excluding hydrogens is 366 g/mol. The molecule has 1 aromatic rings. The Morgan fingerprint density at radius 1 is 1.29 bits per heavy atom. The van der Waals surface area contributed by atoms with E-state index >= 15 is 0 Å². The first-order valence-corrected chi connectivity index (χ1v) is 9.84. The minimum atomic E-state index is -2.88. The lowest BCUT2D eigenvalue weighted by Crippen LogP contribution is -2.39. The van der Waals surface area contributed by atoms with Crippen molar-refractivity contribution in [1.29, 1.82) is 0 Å². The maximum absolute atomic E-state index is 12.7. The summed E-state index contributed by atoms with van der Waals surface area (Å²) >= 11 is 0. The molecule has 1 aromatic carbocycles. The zero-order chi connectivity index (χ0) is 20.4. The monoisotopic (exact) mass is 398 g/mol. The van der Waals surface area contributed by atoms with Gasteiger partial charge >= 0.3 is 6.61 Å². The first-order valence-electron chi connectivity index (χ1n) is 9.84. The minimum Gasteiger partial charge on any atom is -0.497 e. The number of benzene rings is 1. The number of guanidine groups is 1. The van der Waals surface area contributed by atoms with E-state index in [-0.39, 0.29) is 12.3 Å². The number of nitrogens with one attached hydrogen (secondary N) is 2. The van der Waals surface area contributed by atoms with E-state index in [1.807, 2.05) is 6.92 Å². The molecule has 2 rings (SSSR count). The Kier molecular flexibility index (Phi) is 9.27. The Labute approximate surface area is 166 Å². The van der Waals surface area contributed by atoms with E-state index in [0.29, 0.717) is 17.3 Å². The number of aliphatic imine (C=N–C) groups is 1. The highest BCUT2D eigenvalue weighted by molar-refractivity contribution is 5.79. The third kappa shape index (κ3) is 7.50. The van der Waals surface area contributed by atoms with Crippen LogP contribution in [0.2, 0.25) is 0 Å². The van der Waals surface area contributed by atoms with Gasteiger partial charge in [-0.15, -0.1) is 0 Å². The minimum absolute atomic E-state index is 0.113. The van der Waals surface area contributed by atoms with Crippen LogP contribution in [0.15, 0.2) is 23.2 Å². The molecule has 1 aliphatic heterocycles. The third-order valence-electron chi connectivity index (χ3n) is 4.92. The van der Waals surface area contributed by atoms with Gasteiger partial charge in [0.05, 0.1) is 13.7 Å². The third-order valence-corrected chi connectivity index (χ3v) is 4.92. The predicted molar refractivity (Wildman–Crippen MR) is 107 cm³/mol. The molecule has 8 heteroatoms. The maximum Gasteiger partial charge on any atom is 0.387 e. The number of hydrogen-bond donors (Lipinski definition) is 2. The van der Waals surface area contributed by atoms with Crippen LogP contribution < -0.4 is 20.1 Å². The number of nitrogens with zero attached hydrogens (tertiary/aromatic N) is 2. The van der Waals surface area contributed by atoms with Crippen molar-refractivity contribution in [2.75, 3.05) is 40.3 Å². The Morgan fingerprint density at radius 3 is 2.68 bits per heavy atom. The highest BCUT2D eigenvalue weighted by atomic mass is 19.3. The lowest BCUT2D eigenvalue weighted by molar-refractivity contribution is -0.0504. The smallest absolute Gasteiger partial charge is 0.387 e. The van der Waals surface area contributed by atoms with Crippen LogP contribution in [0.5, 0.6) is 11.5 Å². The van der Waals surface area contributed by atoms with Crippen LogP contribution in [0.4, 0.5) is 8.78 Å². The van der Waals surface area contributed by atoms with Crippen molar-refractivity contribution < 1.29 is 18.3 Å². The Hall–Kier alpha value is -2.09. The van der Waals surface area contributed by atoms with Gasteiger partial charge in [0.1, 0.15) is 11.5 Å². The molecule has 1 fully saturated rings. The molecule has 0 atom stereocenters. The van der Waals surface area contributed by atoms with Crippen LogP contribution in [0.25, 0.3) is 0 Å². The number of methoxy groups -OCH3 is 1. The molecule has 0 amide bonds. The first-order chi connectivity index (χ1) is 13.5. The highest BCUT2D eigenvalue weighted by Gasteiger charge is 2.16. The number of hydrogen-bond acceptors (Lipinski definition) is 4. The largest absolute Gasteiger partial charge is 0.497 e. The number of halogens is 2. The van der Waals surface area contributed by atoms with Gasteiger partial charge < -0.3 is 25.0 Å². The van der Waals surface area contributed by atoms with Crippen molar-refractivity contribution in [3.05, 3.63) is 23.8 Å². The fourth-order valence-corrected chi connectivity index (χ4v) is 3.27. The number of ether oxygens (including phenoxy) is 2. The van der Waals surface area contributed by atoms with E-state index in [4.69, 9.17) is 4.74 Å². The van der Waals surface area contributed by atoms with Crippen molar-refractivity contribution in [3.63, 3.8) is 0 Å². The van der Waals surface area contributed by atoms with Gasteiger partial charge in [0, 0.05) is 18.7 Å². The molecule has 0 saturated carbocycles. The Bertz CT molecular complexity index is 620. The Morgan fingerprint density at radius 2 is 2.04 bits per heavy atom. The molecule has 1 aliphatic rings. The van der Waals surface area contributed by atoms with Gasteiger partial charge in [-0.05, 0) is 70.4 Å². The molecule has 0 unspecified atom stereocenters. The Balaban J connectivity index is 1.95. The molecule has 0 spiro atoms. The number of alkyl halides is 2. The number of piperidine rings is 1. The zero-order valence-corrected chi connectivity index (χ0v) is 17.0.